The van der Waals surface area contributed by atoms with Crippen molar-refractivity contribution in [3.05, 3.63) is 71.8 Å². The topological polar surface area (TPSA) is 52.6 Å². The molecule has 0 saturated carbocycles. The van der Waals surface area contributed by atoms with Gasteiger partial charge in [0, 0.05) is 12.3 Å². The Balaban J connectivity index is 1.86. The molecule has 0 atom stereocenters. The molecular weight excluding hydrogens is 280 g/mol. The van der Waals surface area contributed by atoms with Crippen LogP contribution in [-0.2, 0) is 19.1 Å². The lowest BCUT2D eigenvalue weighted by Gasteiger charge is -2.26. The zero-order valence-electron chi connectivity index (χ0n) is 12.0. The van der Waals surface area contributed by atoms with Crippen LogP contribution in [0.4, 0.5) is 0 Å². The average Bonchev–Trinajstić information content (AvgIpc) is 2.53. The molecule has 3 rings (SSSR count). The number of ether oxygens (including phenoxy) is 2. The summed E-state index contributed by atoms with van der Waals surface area (Å²) in [6.07, 6.45) is -0.734. The van der Waals surface area contributed by atoms with Crippen LogP contribution in [0.15, 0.2) is 60.7 Å². The van der Waals surface area contributed by atoms with Crippen LogP contribution in [0.5, 0.6) is 0 Å². The normalized spacial score (nSPS) is 15.5. The Kier molecular flexibility index (Phi) is 4.19. The Morgan fingerprint density at radius 2 is 1.27 bits per heavy atom. The fourth-order valence-corrected chi connectivity index (χ4v) is 2.64. The van der Waals surface area contributed by atoms with E-state index in [0.29, 0.717) is 6.42 Å². The van der Waals surface area contributed by atoms with E-state index < -0.39 is 18.2 Å². The minimum atomic E-state index is -0.834. The zero-order chi connectivity index (χ0) is 15.4. The summed E-state index contributed by atoms with van der Waals surface area (Å²) < 4.78 is 10.3. The van der Waals surface area contributed by atoms with Crippen molar-refractivity contribution in [3.8, 4) is 0 Å². The minimum absolute atomic E-state index is 0.00824. The van der Waals surface area contributed by atoms with Crippen molar-refractivity contribution >= 4 is 11.9 Å². The summed E-state index contributed by atoms with van der Waals surface area (Å²) in [5.41, 5.74) is 2.18. The standard InChI is InChI=1S/C18H16O4/c19-16-12-17(20)22-18(21-16)11-15(13-7-3-1-4-8-13)14-9-5-2-6-10-14/h1-10,15,18H,11-12H2. The Morgan fingerprint density at radius 1 is 0.818 bits per heavy atom. The van der Waals surface area contributed by atoms with Crippen LogP contribution >= 0.6 is 0 Å². The Hall–Kier alpha value is -2.62. The van der Waals surface area contributed by atoms with Crippen LogP contribution in [0.25, 0.3) is 0 Å². The lowest BCUT2D eigenvalue weighted by molar-refractivity contribution is -0.204. The third-order valence-corrected chi connectivity index (χ3v) is 3.65. The van der Waals surface area contributed by atoms with Gasteiger partial charge in [0.05, 0.1) is 0 Å². The van der Waals surface area contributed by atoms with Crippen LogP contribution in [0.3, 0.4) is 0 Å². The third-order valence-electron chi connectivity index (χ3n) is 3.65. The number of benzene rings is 2. The molecule has 112 valence electrons. The van der Waals surface area contributed by atoms with Crippen molar-refractivity contribution in [2.75, 3.05) is 0 Å². The van der Waals surface area contributed by atoms with E-state index in [1.165, 1.54) is 0 Å². The second-order valence-electron chi connectivity index (χ2n) is 5.20. The van der Waals surface area contributed by atoms with E-state index in [1.54, 1.807) is 0 Å². The summed E-state index contributed by atoms with van der Waals surface area (Å²) in [5.74, 6) is -1.06. The highest BCUT2D eigenvalue weighted by Gasteiger charge is 2.31. The van der Waals surface area contributed by atoms with Crippen LogP contribution in [-0.4, -0.2) is 18.2 Å². The van der Waals surface area contributed by atoms with Crippen molar-refractivity contribution in [3.63, 3.8) is 0 Å². The lowest BCUT2D eigenvalue weighted by Crippen LogP contribution is -2.33. The van der Waals surface area contributed by atoms with E-state index in [-0.39, 0.29) is 12.3 Å². The number of esters is 2. The van der Waals surface area contributed by atoms with E-state index in [4.69, 9.17) is 9.47 Å². The molecule has 1 saturated heterocycles. The highest BCUT2D eigenvalue weighted by Crippen LogP contribution is 2.31. The summed E-state index contributed by atoms with van der Waals surface area (Å²) in [6.45, 7) is 0. The van der Waals surface area contributed by atoms with Gasteiger partial charge >= 0.3 is 11.9 Å². The highest BCUT2D eigenvalue weighted by molar-refractivity contribution is 5.92. The van der Waals surface area contributed by atoms with E-state index >= 15 is 0 Å². The van der Waals surface area contributed by atoms with Gasteiger partial charge < -0.3 is 9.47 Å². The van der Waals surface area contributed by atoms with Crippen molar-refractivity contribution in [1.29, 1.82) is 0 Å². The largest absolute Gasteiger partial charge is 0.425 e. The van der Waals surface area contributed by atoms with Gasteiger partial charge in [-0.15, -0.1) is 0 Å². The van der Waals surface area contributed by atoms with Gasteiger partial charge in [-0.1, -0.05) is 60.7 Å². The molecule has 1 aliphatic heterocycles. The molecule has 4 nitrogen and oxygen atoms in total. The van der Waals surface area contributed by atoms with Gasteiger partial charge in [-0.25, -0.2) is 0 Å². The van der Waals surface area contributed by atoms with E-state index in [2.05, 4.69) is 0 Å². The van der Waals surface area contributed by atoms with Crippen molar-refractivity contribution in [1.82, 2.24) is 0 Å². The molecule has 0 aliphatic carbocycles. The molecule has 0 bridgehead atoms. The fraction of sp³-hybridized carbons (Fsp3) is 0.222. The summed E-state index contributed by atoms with van der Waals surface area (Å²) in [7, 11) is 0. The summed E-state index contributed by atoms with van der Waals surface area (Å²) >= 11 is 0. The van der Waals surface area contributed by atoms with Gasteiger partial charge in [0.2, 0.25) is 6.29 Å². The van der Waals surface area contributed by atoms with E-state index in [9.17, 15) is 9.59 Å². The van der Waals surface area contributed by atoms with Crippen molar-refractivity contribution in [2.45, 2.75) is 25.0 Å². The molecule has 0 radical (unpaired) electrons. The molecule has 0 unspecified atom stereocenters. The quantitative estimate of drug-likeness (QED) is 0.643. The molecule has 2 aromatic rings. The maximum Gasteiger partial charge on any atom is 0.320 e. The van der Waals surface area contributed by atoms with E-state index in [0.717, 1.165) is 11.1 Å². The Morgan fingerprint density at radius 3 is 1.73 bits per heavy atom. The number of carbonyl (C=O) groups excluding carboxylic acids is 2. The predicted molar refractivity (Wildman–Crippen MR) is 79.9 cm³/mol. The highest BCUT2D eigenvalue weighted by atomic mass is 16.7. The van der Waals surface area contributed by atoms with Crippen molar-refractivity contribution in [2.24, 2.45) is 0 Å². The third kappa shape index (κ3) is 3.34. The molecule has 0 N–H and O–H groups in total. The van der Waals surface area contributed by atoms with Crippen LogP contribution in [0.1, 0.15) is 29.9 Å². The molecule has 0 amide bonds. The first kappa shape index (κ1) is 14.3. The summed E-state index contributed by atoms with van der Waals surface area (Å²) in [6, 6.07) is 19.8. The first-order valence-corrected chi connectivity index (χ1v) is 7.21. The second-order valence-corrected chi connectivity index (χ2v) is 5.20. The molecule has 22 heavy (non-hydrogen) atoms. The molecular formula is C18H16O4. The first-order chi connectivity index (χ1) is 10.7. The minimum Gasteiger partial charge on any atom is -0.425 e. The second kappa shape index (κ2) is 6.43. The number of hydrogen-bond donors (Lipinski definition) is 0. The Labute approximate surface area is 128 Å². The molecule has 1 heterocycles. The van der Waals surface area contributed by atoms with Crippen LogP contribution < -0.4 is 0 Å². The molecule has 2 aromatic carbocycles. The molecule has 0 spiro atoms. The number of cyclic esters (lactones) is 2. The average molecular weight is 296 g/mol. The molecule has 4 heteroatoms. The van der Waals surface area contributed by atoms with Crippen molar-refractivity contribution < 1.29 is 19.1 Å². The van der Waals surface area contributed by atoms with Gasteiger partial charge in [0.15, 0.2) is 0 Å². The maximum absolute atomic E-state index is 11.4. The van der Waals surface area contributed by atoms with Crippen LogP contribution in [0.2, 0.25) is 0 Å². The SMILES string of the molecule is O=C1CC(=O)OC(CC(c2ccccc2)c2ccccc2)O1. The first-order valence-electron chi connectivity index (χ1n) is 7.21. The maximum atomic E-state index is 11.4. The zero-order valence-corrected chi connectivity index (χ0v) is 12.0. The monoisotopic (exact) mass is 296 g/mol. The van der Waals surface area contributed by atoms with Gasteiger partial charge in [-0.2, -0.15) is 0 Å². The Bertz CT molecular complexity index is 596. The summed E-state index contributed by atoms with van der Waals surface area (Å²) in [4.78, 5) is 22.8. The number of hydrogen-bond acceptors (Lipinski definition) is 4. The van der Waals surface area contributed by atoms with Gasteiger partial charge in [-0.05, 0) is 11.1 Å². The van der Waals surface area contributed by atoms with Gasteiger partial charge in [0.25, 0.3) is 0 Å². The molecule has 0 aromatic heterocycles. The molecule has 1 fully saturated rings. The predicted octanol–water partition coefficient (Wildman–Crippen LogP) is 3.02. The number of carbonyl (C=O) groups is 2. The smallest absolute Gasteiger partial charge is 0.320 e. The van der Waals surface area contributed by atoms with Crippen LogP contribution in [0, 0.1) is 0 Å². The van der Waals surface area contributed by atoms with Gasteiger partial charge in [0.1, 0.15) is 6.42 Å². The fourth-order valence-electron chi connectivity index (χ4n) is 2.64. The van der Waals surface area contributed by atoms with Gasteiger partial charge in [-0.3, -0.25) is 9.59 Å². The summed E-state index contributed by atoms with van der Waals surface area (Å²) in [5, 5.41) is 0. The van der Waals surface area contributed by atoms with E-state index in [1.807, 2.05) is 60.7 Å². The lowest BCUT2D eigenvalue weighted by atomic mass is 9.88. The number of rotatable bonds is 4. The molecule has 1 aliphatic rings.